The molecule has 1 saturated carbocycles. The number of hydrogen-bond donors (Lipinski definition) is 2. The van der Waals surface area contributed by atoms with Crippen LogP contribution in [0.15, 0.2) is 15.9 Å². The Morgan fingerprint density at radius 3 is 2.94 bits per heavy atom. The topological polar surface area (TPSA) is 55.1 Å². The van der Waals surface area contributed by atoms with Gasteiger partial charge in [0.05, 0.1) is 3.79 Å². The number of nitrogens with two attached hydrogens (primary N) is 1. The van der Waals surface area contributed by atoms with Gasteiger partial charge in [0.15, 0.2) is 0 Å². The van der Waals surface area contributed by atoms with E-state index in [1.54, 1.807) is 11.3 Å². The molecule has 3 N–H and O–H groups in total. The van der Waals surface area contributed by atoms with E-state index in [1.807, 2.05) is 6.07 Å². The molecule has 0 unspecified atom stereocenters. The van der Waals surface area contributed by atoms with Crippen molar-refractivity contribution in [2.75, 3.05) is 6.54 Å². The molecule has 1 amide bonds. The Hall–Kier alpha value is -0.390. The predicted octanol–water partition coefficient (Wildman–Crippen LogP) is 2.69. The number of nitrogens with one attached hydrogen (secondary N) is 1. The summed E-state index contributed by atoms with van der Waals surface area (Å²) in [6, 6.07) is 4.36. The smallest absolute Gasteiger partial charge is 0.220 e. The van der Waals surface area contributed by atoms with Crippen molar-refractivity contribution >= 4 is 33.2 Å². The van der Waals surface area contributed by atoms with Gasteiger partial charge >= 0.3 is 0 Å². The third-order valence-corrected chi connectivity index (χ3v) is 5.17. The van der Waals surface area contributed by atoms with E-state index in [9.17, 15) is 4.79 Å². The van der Waals surface area contributed by atoms with Gasteiger partial charge in [0.2, 0.25) is 5.91 Å². The number of carbonyl (C=O) groups excluding carboxylic acids is 1. The summed E-state index contributed by atoms with van der Waals surface area (Å²) in [5.41, 5.74) is 5.97. The quantitative estimate of drug-likeness (QED) is 0.872. The number of carbonyl (C=O) groups is 1. The number of hydrogen-bond acceptors (Lipinski definition) is 3. The summed E-state index contributed by atoms with van der Waals surface area (Å²) in [6.45, 7) is 0.716. The summed E-state index contributed by atoms with van der Waals surface area (Å²) < 4.78 is 1.14. The fourth-order valence-electron chi connectivity index (χ4n) is 2.44. The maximum atomic E-state index is 11.8. The molecule has 1 aliphatic rings. The average molecular weight is 331 g/mol. The second-order valence-electron chi connectivity index (χ2n) is 4.86. The van der Waals surface area contributed by atoms with Crippen LogP contribution in [0.5, 0.6) is 0 Å². The number of amides is 1. The van der Waals surface area contributed by atoms with Crippen molar-refractivity contribution in [2.45, 2.75) is 38.1 Å². The van der Waals surface area contributed by atoms with Crippen LogP contribution in [0.3, 0.4) is 0 Å². The van der Waals surface area contributed by atoms with Crippen molar-refractivity contribution in [2.24, 2.45) is 11.7 Å². The molecule has 1 aliphatic carbocycles. The van der Waals surface area contributed by atoms with E-state index >= 15 is 0 Å². The zero-order chi connectivity index (χ0) is 13.0. The standard InChI is InChI=1S/C13H19BrN2OS/c14-12-5-4-10(18-12)6-7-16-13(17)8-9-2-1-3-11(9)15/h4-5,9,11H,1-3,6-8,15H2,(H,16,17)/t9-,11+/m0/s1. The monoisotopic (exact) mass is 330 g/mol. The van der Waals surface area contributed by atoms with E-state index in [0.717, 1.165) is 23.0 Å². The molecule has 0 aliphatic heterocycles. The van der Waals surface area contributed by atoms with Crippen molar-refractivity contribution < 1.29 is 4.79 Å². The van der Waals surface area contributed by atoms with Gasteiger partial charge in [0.1, 0.15) is 0 Å². The molecular formula is C13H19BrN2OS. The van der Waals surface area contributed by atoms with Crippen LogP contribution in [-0.2, 0) is 11.2 Å². The van der Waals surface area contributed by atoms with Crippen molar-refractivity contribution in [1.82, 2.24) is 5.32 Å². The number of thiophene rings is 1. The third-order valence-electron chi connectivity index (χ3n) is 3.49. The second kappa shape index (κ2) is 6.68. The molecule has 5 heteroatoms. The highest BCUT2D eigenvalue weighted by atomic mass is 79.9. The van der Waals surface area contributed by atoms with Gasteiger partial charge in [-0.15, -0.1) is 11.3 Å². The van der Waals surface area contributed by atoms with Gasteiger partial charge in [-0.05, 0) is 53.2 Å². The largest absolute Gasteiger partial charge is 0.356 e. The van der Waals surface area contributed by atoms with E-state index in [0.29, 0.717) is 18.9 Å². The van der Waals surface area contributed by atoms with Crippen molar-refractivity contribution in [3.8, 4) is 0 Å². The lowest BCUT2D eigenvalue weighted by molar-refractivity contribution is -0.122. The van der Waals surface area contributed by atoms with E-state index in [4.69, 9.17) is 5.73 Å². The van der Waals surface area contributed by atoms with E-state index in [2.05, 4.69) is 27.3 Å². The van der Waals surface area contributed by atoms with Crippen LogP contribution in [-0.4, -0.2) is 18.5 Å². The summed E-state index contributed by atoms with van der Waals surface area (Å²) in [4.78, 5) is 13.1. The van der Waals surface area contributed by atoms with Crippen molar-refractivity contribution in [1.29, 1.82) is 0 Å². The summed E-state index contributed by atoms with van der Waals surface area (Å²) in [5.74, 6) is 0.536. The molecule has 1 heterocycles. The summed E-state index contributed by atoms with van der Waals surface area (Å²) >= 11 is 5.15. The van der Waals surface area contributed by atoms with Crippen molar-refractivity contribution in [3.05, 3.63) is 20.8 Å². The Balaban J connectivity index is 1.65. The maximum absolute atomic E-state index is 11.8. The van der Waals surface area contributed by atoms with Crippen LogP contribution < -0.4 is 11.1 Å². The molecule has 100 valence electrons. The normalized spacial score (nSPS) is 23.2. The van der Waals surface area contributed by atoms with Gasteiger partial charge in [0.25, 0.3) is 0 Å². The lowest BCUT2D eigenvalue weighted by atomic mass is 10.00. The average Bonchev–Trinajstić information content (AvgIpc) is 2.89. The molecule has 2 atom stereocenters. The lowest BCUT2D eigenvalue weighted by Gasteiger charge is -2.14. The SMILES string of the molecule is N[C@@H]1CCC[C@H]1CC(=O)NCCc1ccc(Br)s1. The summed E-state index contributed by atoms with van der Waals surface area (Å²) in [5, 5.41) is 2.98. The molecule has 0 spiro atoms. The van der Waals surface area contributed by atoms with Crippen LogP contribution in [0.25, 0.3) is 0 Å². The van der Waals surface area contributed by atoms with Crippen LogP contribution in [0.4, 0.5) is 0 Å². The maximum Gasteiger partial charge on any atom is 0.220 e. The molecule has 1 aromatic rings. The van der Waals surface area contributed by atoms with Crippen molar-refractivity contribution in [3.63, 3.8) is 0 Å². The first-order valence-electron chi connectivity index (χ1n) is 6.41. The molecule has 0 bridgehead atoms. The first-order chi connectivity index (χ1) is 8.65. The minimum absolute atomic E-state index is 0.146. The number of halogens is 1. The Bertz CT molecular complexity index is 407. The van der Waals surface area contributed by atoms with E-state index < -0.39 is 0 Å². The van der Waals surface area contributed by atoms with E-state index in [1.165, 1.54) is 11.3 Å². The van der Waals surface area contributed by atoms with Gasteiger partial charge in [-0.3, -0.25) is 4.79 Å². The van der Waals surface area contributed by atoms with Gasteiger partial charge in [0, 0.05) is 23.9 Å². The Morgan fingerprint density at radius 1 is 1.50 bits per heavy atom. The van der Waals surface area contributed by atoms with E-state index in [-0.39, 0.29) is 11.9 Å². The summed E-state index contributed by atoms with van der Waals surface area (Å²) in [7, 11) is 0. The van der Waals surface area contributed by atoms with Gasteiger partial charge < -0.3 is 11.1 Å². The Kier molecular flexibility index (Phi) is 5.21. The molecule has 0 aromatic carbocycles. The first kappa shape index (κ1) is 14.0. The second-order valence-corrected chi connectivity index (χ2v) is 7.41. The molecule has 3 nitrogen and oxygen atoms in total. The summed E-state index contributed by atoms with van der Waals surface area (Å²) in [6.07, 6.45) is 4.84. The molecule has 0 radical (unpaired) electrons. The molecule has 0 saturated heterocycles. The first-order valence-corrected chi connectivity index (χ1v) is 8.02. The fraction of sp³-hybridized carbons (Fsp3) is 0.615. The van der Waals surface area contributed by atoms with Gasteiger partial charge in [-0.1, -0.05) is 6.42 Å². The molecule has 18 heavy (non-hydrogen) atoms. The Morgan fingerprint density at radius 2 is 2.33 bits per heavy atom. The minimum atomic E-state index is 0.146. The molecule has 1 fully saturated rings. The zero-order valence-corrected chi connectivity index (χ0v) is 12.7. The van der Waals surface area contributed by atoms with Gasteiger partial charge in [-0.2, -0.15) is 0 Å². The van der Waals surface area contributed by atoms with Crippen LogP contribution in [0, 0.1) is 5.92 Å². The fourth-order valence-corrected chi connectivity index (χ4v) is 3.92. The lowest BCUT2D eigenvalue weighted by Crippen LogP contribution is -2.32. The minimum Gasteiger partial charge on any atom is -0.356 e. The van der Waals surface area contributed by atoms with Crippen LogP contribution in [0.1, 0.15) is 30.6 Å². The van der Waals surface area contributed by atoms with Gasteiger partial charge in [-0.25, -0.2) is 0 Å². The van der Waals surface area contributed by atoms with Crippen LogP contribution in [0.2, 0.25) is 0 Å². The Labute approximate surface area is 120 Å². The highest BCUT2D eigenvalue weighted by molar-refractivity contribution is 9.11. The highest BCUT2D eigenvalue weighted by Gasteiger charge is 2.25. The number of rotatable bonds is 5. The highest BCUT2D eigenvalue weighted by Crippen LogP contribution is 2.26. The molecule has 2 rings (SSSR count). The molecular weight excluding hydrogens is 312 g/mol. The predicted molar refractivity (Wildman–Crippen MR) is 78.7 cm³/mol. The molecule has 1 aromatic heterocycles. The van der Waals surface area contributed by atoms with Crippen LogP contribution >= 0.6 is 27.3 Å². The zero-order valence-electron chi connectivity index (χ0n) is 10.3. The third kappa shape index (κ3) is 4.07.